The molecule has 2 aromatic rings. The normalized spacial score (nSPS) is 13.0. The van der Waals surface area contributed by atoms with Crippen LogP contribution in [0.3, 0.4) is 0 Å². The van der Waals surface area contributed by atoms with Crippen molar-refractivity contribution in [1.82, 2.24) is 4.90 Å². The SMILES string of the molecule is CCOC(=O)c1c(NC(=O)c2cccc(SC)c2)sc2c1CCN(C(C)=O)C2. The number of rotatable bonds is 5. The maximum Gasteiger partial charge on any atom is 0.341 e. The highest BCUT2D eigenvalue weighted by Crippen LogP contribution is 2.38. The lowest BCUT2D eigenvalue weighted by molar-refractivity contribution is -0.129. The third-order valence-corrected chi connectivity index (χ3v) is 6.40. The van der Waals surface area contributed by atoms with Crippen molar-refractivity contribution in [2.75, 3.05) is 24.7 Å². The zero-order valence-electron chi connectivity index (χ0n) is 16.0. The highest BCUT2D eigenvalue weighted by atomic mass is 32.2. The van der Waals surface area contributed by atoms with Crippen molar-refractivity contribution in [1.29, 1.82) is 0 Å². The molecule has 1 aromatic carbocycles. The molecule has 0 saturated heterocycles. The summed E-state index contributed by atoms with van der Waals surface area (Å²) in [6, 6.07) is 7.32. The van der Waals surface area contributed by atoms with Crippen LogP contribution in [0.15, 0.2) is 29.2 Å². The number of nitrogens with zero attached hydrogens (tertiary/aromatic N) is 1. The van der Waals surface area contributed by atoms with Crippen LogP contribution in [0.2, 0.25) is 0 Å². The monoisotopic (exact) mass is 418 g/mol. The number of hydrogen-bond acceptors (Lipinski definition) is 6. The molecule has 0 bridgehead atoms. The Hall–Kier alpha value is -2.32. The number of ether oxygens (including phenoxy) is 1. The molecule has 0 saturated carbocycles. The molecule has 1 N–H and O–H groups in total. The van der Waals surface area contributed by atoms with Crippen molar-refractivity contribution >= 4 is 45.9 Å². The van der Waals surface area contributed by atoms with Crippen LogP contribution in [0.5, 0.6) is 0 Å². The highest BCUT2D eigenvalue weighted by molar-refractivity contribution is 7.98. The van der Waals surface area contributed by atoms with Gasteiger partial charge in [-0.15, -0.1) is 23.1 Å². The van der Waals surface area contributed by atoms with E-state index in [2.05, 4.69) is 5.32 Å². The first-order chi connectivity index (χ1) is 13.4. The first-order valence-electron chi connectivity index (χ1n) is 8.97. The molecule has 6 nitrogen and oxygen atoms in total. The maximum absolute atomic E-state index is 12.8. The van der Waals surface area contributed by atoms with Crippen LogP contribution < -0.4 is 5.32 Å². The molecule has 0 fully saturated rings. The van der Waals surface area contributed by atoms with Gasteiger partial charge in [-0.2, -0.15) is 0 Å². The van der Waals surface area contributed by atoms with Gasteiger partial charge in [-0.05, 0) is 43.4 Å². The summed E-state index contributed by atoms with van der Waals surface area (Å²) in [6.45, 7) is 4.53. The Morgan fingerprint density at radius 3 is 2.79 bits per heavy atom. The number of fused-ring (bicyclic) bond motifs is 1. The summed E-state index contributed by atoms with van der Waals surface area (Å²) in [5.41, 5.74) is 1.81. The van der Waals surface area contributed by atoms with E-state index in [1.54, 1.807) is 29.7 Å². The molecule has 1 aliphatic heterocycles. The van der Waals surface area contributed by atoms with Gasteiger partial charge in [-0.1, -0.05) is 6.07 Å². The van der Waals surface area contributed by atoms with E-state index in [1.165, 1.54) is 18.3 Å². The number of thiophene rings is 1. The molecule has 3 rings (SSSR count). The van der Waals surface area contributed by atoms with E-state index < -0.39 is 5.97 Å². The minimum atomic E-state index is -0.440. The number of nitrogens with one attached hydrogen (secondary N) is 1. The van der Waals surface area contributed by atoms with Crippen molar-refractivity contribution < 1.29 is 19.1 Å². The summed E-state index contributed by atoms with van der Waals surface area (Å²) in [6.07, 6.45) is 2.52. The van der Waals surface area contributed by atoms with Crippen LogP contribution in [-0.2, 0) is 22.5 Å². The predicted molar refractivity (Wildman–Crippen MR) is 111 cm³/mol. The van der Waals surface area contributed by atoms with Gasteiger partial charge in [0.25, 0.3) is 5.91 Å². The van der Waals surface area contributed by atoms with E-state index in [0.29, 0.717) is 35.6 Å². The second-order valence-corrected chi connectivity index (χ2v) is 8.29. The molecule has 2 heterocycles. The Labute approximate surface area is 172 Å². The fourth-order valence-electron chi connectivity index (χ4n) is 3.12. The van der Waals surface area contributed by atoms with Crippen LogP contribution in [0, 0.1) is 0 Å². The number of benzene rings is 1. The van der Waals surface area contributed by atoms with Crippen LogP contribution in [-0.4, -0.2) is 42.1 Å². The summed E-state index contributed by atoms with van der Waals surface area (Å²) in [4.78, 5) is 40.7. The molecule has 0 radical (unpaired) electrons. The molecule has 1 aliphatic rings. The van der Waals surface area contributed by atoms with Gasteiger partial charge >= 0.3 is 5.97 Å². The van der Waals surface area contributed by atoms with Crippen LogP contribution in [0.25, 0.3) is 0 Å². The molecule has 0 spiro atoms. The molecule has 28 heavy (non-hydrogen) atoms. The molecule has 0 aliphatic carbocycles. The fourth-order valence-corrected chi connectivity index (χ4v) is 4.83. The minimum absolute atomic E-state index is 0.00352. The zero-order chi connectivity index (χ0) is 20.3. The van der Waals surface area contributed by atoms with Crippen molar-refractivity contribution in [3.63, 3.8) is 0 Å². The van der Waals surface area contributed by atoms with E-state index >= 15 is 0 Å². The Kier molecular flexibility index (Phi) is 6.41. The van der Waals surface area contributed by atoms with E-state index in [9.17, 15) is 14.4 Å². The average Bonchev–Trinajstić information content (AvgIpc) is 3.05. The molecule has 0 unspecified atom stereocenters. The lowest BCUT2D eigenvalue weighted by Crippen LogP contribution is -2.34. The molecule has 148 valence electrons. The lowest BCUT2D eigenvalue weighted by Gasteiger charge is -2.25. The van der Waals surface area contributed by atoms with Crippen LogP contribution >= 0.6 is 23.1 Å². The summed E-state index contributed by atoms with van der Waals surface area (Å²) < 4.78 is 5.22. The highest BCUT2D eigenvalue weighted by Gasteiger charge is 2.30. The van der Waals surface area contributed by atoms with Crippen molar-refractivity contribution in [2.45, 2.75) is 31.7 Å². The minimum Gasteiger partial charge on any atom is -0.462 e. The summed E-state index contributed by atoms with van der Waals surface area (Å²) in [7, 11) is 0. The van der Waals surface area contributed by atoms with Gasteiger partial charge in [-0.25, -0.2) is 4.79 Å². The third kappa shape index (κ3) is 4.23. The van der Waals surface area contributed by atoms with Gasteiger partial charge < -0.3 is 15.0 Å². The molecular formula is C20H22N2O4S2. The Bertz CT molecular complexity index is 923. The fraction of sp³-hybridized carbons (Fsp3) is 0.350. The van der Waals surface area contributed by atoms with Crippen molar-refractivity contribution in [3.8, 4) is 0 Å². The van der Waals surface area contributed by atoms with E-state index in [1.807, 2.05) is 24.5 Å². The quantitative estimate of drug-likeness (QED) is 0.590. The average molecular weight is 419 g/mol. The number of hydrogen-bond donors (Lipinski definition) is 1. The van der Waals surface area contributed by atoms with E-state index in [0.717, 1.165) is 15.3 Å². The van der Waals surface area contributed by atoms with Crippen molar-refractivity contribution in [3.05, 3.63) is 45.8 Å². The first-order valence-corrected chi connectivity index (χ1v) is 11.0. The van der Waals surface area contributed by atoms with Gasteiger partial charge in [0.05, 0.1) is 18.7 Å². The molecular weight excluding hydrogens is 396 g/mol. The second kappa shape index (κ2) is 8.79. The van der Waals surface area contributed by atoms with Gasteiger partial charge in [-0.3, -0.25) is 9.59 Å². The number of anilines is 1. The number of carbonyl (C=O) groups is 3. The summed E-state index contributed by atoms with van der Waals surface area (Å²) in [5, 5.41) is 3.36. The maximum atomic E-state index is 12.8. The van der Waals surface area contributed by atoms with Gasteiger partial charge in [0, 0.05) is 28.8 Å². The first kappa shape index (κ1) is 20.4. The molecule has 2 amide bonds. The van der Waals surface area contributed by atoms with Gasteiger partial charge in [0.15, 0.2) is 0 Å². The largest absolute Gasteiger partial charge is 0.462 e. The van der Waals surface area contributed by atoms with E-state index in [4.69, 9.17) is 4.74 Å². The molecule has 1 aromatic heterocycles. The van der Waals surface area contributed by atoms with Gasteiger partial charge in [0.2, 0.25) is 5.91 Å². The standard InChI is InChI=1S/C20H22N2O4S2/c1-4-26-20(25)17-15-8-9-22(12(2)23)11-16(15)28-19(17)21-18(24)13-6-5-7-14(10-13)27-3/h5-7,10H,4,8-9,11H2,1-3H3,(H,21,24). The number of esters is 1. The molecule has 0 atom stereocenters. The number of thioether (sulfide) groups is 1. The van der Waals surface area contributed by atoms with Crippen LogP contribution in [0.4, 0.5) is 5.00 Å². The number of carbonyl (C=O) groups excluding carboxylic acids is 3. The topological polar surface area (TPSA) is 75.7 Å². The second-order valence-electron chi connectivity index (χ2n) is 6.31. The van der Waals surface area contributed by atoms with Crippen LogP contribution in [0.1, 0.15) is 45.0 Å². The van der Waals surface area contributed by atoms with Crippen molar-refractivity contribution in [2.24, 2.45) is 0 Å². The van der Waals surface area contributed by atoms with E-state index in [-0.39, 0.29) is 18.4 Å². The summed E-state index contributed by atoms with van der Waals surface area (Å²) >= 11 is 2.90. The lowest BCUT2D eigenvalue weighted by atomic mass is 10.0. The Balaban J connectivity index is 1.94. The Morgan fingerprint density at radius 2 is 2.11 bits per heavy atom. The Morgan fingerprint density at radius 1 is 1.32 bits per heavy atom. The summed E-state index contributed by atoms with van der Waals surface area (Å²) in [5.74, 6) is -0.718. The smallest absolute Gasteiger partial charge is 0.341 e. The molecule has 8 heteroatoms. The zero-order valence-corrected chi connectivity index (χ0v) is 17.7. The van der Waals surface area contributed by atoms with Gasteiger partial charge in [0.1, 0.15) is 5.00 Å². The predicted octanol–water partition coefficient (Wildman–Crippen LogP) is 3.80. The third-order valence-electron chi connectivity index (χ3n) is 4.54. The number of amides is 2.